The van der Waals surface area contributed by atoms with Crippen LogP contribution in [0.2, 0.25) is 4.63 Å². The van der Waals surface area contributed by atoms with Gasteiger partial charge in [0.2, 0.25) is 0 Å². The molecule has 2 aliphatic rings. The van der Waals surface area contributed by atoms with Crippen molar-refractivity contribution >= 4 is 44.3 Å². The van der Waals surface area contributed by atoms with E-state index in [2.05, 4.69) is 109 Å². The zero-order valence-electron chi connectivity index (χ0n) is 23.0. The van der Waals surface area contributed by atoms with Gasteiger partial charge in [-0.1, -0.05) is 20.3 Å². The van der Waals surface area contributed by atoms with Crippen molar-refractivity contribution in [3.63, 3.8) is 0 Å². The van der Waals surface area contributed by atoms with E-state index in [0.717, 1.165) is 7.25 Å². The Morgan fingerprint density at radius 3 is 1.35 bits per heavy atom. The van der Waals surface area contributed by atoms with Gasteiger partial charge in [0, 0.05) is 0 Å². The molecule has 0 saturated carbocycles. The van der Waals surface area contributed by atoms with Crippen LogP contribution in [0.25, 0.3) is 12.2 Å². The molecule has 2 aliphatic carbocycles. The Balaban J connectivity index is 0.00000110. The van der Waals surface area contributed by atoms with Gasteiger partial charge in [0.25, 0.3) is 0 Å². The number of hydrogen-bond donors (Lipinski definition) is 0. The molecule has 0 N–H and O–H groups in total. The van der Waals surface area contributed by atoms with Gasteiger partial charge in [-0.25, -0.2) is 0 Å². The van der Waals surface area contributed by atoms with E-state index < -0.39 is 19.4 Å². The minimum atomic E-state index is -2.52. The summed E-state index contributed by atoms with van der Waals surface area (Å²) in [6.07, 6.45) is 6.34. The maximum atomic E-state index is 2.76. The SMILES string of the molecule is CC1=Cc2c(C(C)C)cccc2[CH]1[Zr]([CH3])([SiH3])[CH]1C(C)=Cc2c(C(C)C)cccc21.CCC.Cl.Cl. The van der Waals surface area contributed by atoms with E-state index in [4.69, 9.17) is 0 Å². The third-order valence-electron chi connectivity index (χ3n) is 7.36. The van der Waals surface area contributed by atoms with Crippen LogP contribution < -0.4 is 0 Å². The molecule has 0 nitrogen and oxygen atoms in total. The largest absolute Gasteiger partial charge is 0.147 e. The molecular weight excluding hydrogens is 551 g/mol. The molecule has 0 amide bonds. The van der Waals surface area contributed by atoms with Crippen LogP contribution in [0.4, 0.5) is 0 Å². The van der Waals surface area contributed by atoms with Crippen LogP contribution in [0.15, 0.2) is 47.5 Å². The van der Waals surface area contributed by atoms with Crippen LogP contribution in [-0.2, 0) is 19.4 Å². The first-order chi connectivity index (χ1) is 15.1. The van der Waals surface area contributed by atoms with Crippen molar-refractivity contribution in [2.75, 3.05) is 0 Å². The minimum Gasteiger partial charge on any atom is -0.147 e. The predicted molar refractivity (Wildman–Crippen MR) is 160 cm³/mol. The van der Waals surface area contributed by atoms with E-state index in [0.29, 0.717) is 11.8 Å². The number of benzene rings is 2. The molecule has 0 aromatic heterocycles. The second-order valence-corrected chi connectivity index (χ2v) is 35.7. The van der Waals surface area contributed by atoms with E-state index >= 15 is 0 Å². The molecule has 188 valence electrons. The van der Waals surface area contributed by atoms with Gasteiger partial charge >= 0.3 is 185 Å². The van der Waals surface area contributed by atoms with Gasteiger partial charge in [0.1, 0.15) is 0 Å². The Kier molecular flexibility index (Phi) is 11.8. The third-order valence-corrected chi connectivity index (χ3v) is 25.3. The number of halogens is 2. The standard InChI is InChI=1S/2C13H15.C3H8.CH3.2ClH.H3Si.Zr/c2*1-9(2)12-6-4-5-11-7-10(3)8-13(11)12;1-3-2;;;;;/h2*4-9H,1-3H3;3H2,1-2H3;1H3;2*1H;1H3;. The van der Waals surface area contributed by atoms with Crippen molar-refractivity contribution < 1.29 is 19.4 Å². The molecule has 0 fully saturated rings. The summed E-state index contributed by atoms with van der Waals surface area (Å²) in [7, 11) is 1.36. The van der Waals surface area contributed by atoms with Crippen molar-refractivity contribution in [1.29, 1.82) is 0 Å². The van der Waals surface area contributed by atoms with Gasteiger partial charge in [0.15, 0.2) is 0 Å². The maximum absolute atomic E-state index is 2.76. The molecule has 0 spiro atoms. The second kappa shape index (κ2) is 12.7. The average Bonchev–Trinajstić information content (AvgIpc) is 3.23. The molecular formula is C30H46Cl2SiZr. The number of fused-ring (bicyclic) bond motifs is 2. The molecule has 0 bridgehead atoms. The van der Waals surface area contributed by atoms with Gasteiger partial charge in [-0.15, -0.1) is 24.8 Å². The van der Waals surface area contributed by atoms with E-state index in [1.807, 2.05) is 0 Å². The Morgan fingerprint density at radius 1 is 0.735 bits per heavy atom. The van der Waals surface area contributed by atoms with E-state index in [1.54, 1.807) is 33.4 Å². The average molecular weight is 597 g/mol. The molecule has 0 heterocycles. The summed E-state index contributed by atoms with van der Waals surface area (Å²) in [6, 6.07) is 14.2. The number of rotatable bonds is 4. The van der Waals surface area contributed by atoms with E-state index in [-0.39, 0.29) is 24.8 Å². The molecule has 0 aliphatic heterocycles. The zero-order chi connectivity index (χ0) is 23.8. The monoisotopic (exact) mass is 594 g/mol. The van der Waals surface area contributed by atoms with Crippen molar-refractivity contribution in [3.8, 4) is 0 Å². The molecule has 2 aromatic rings. The van der Waals surface area contributed by atoms with Crippen molar-refractivity contribution in [3.05, 3.63) is 80.9 Å². The molecule has 0 saturated heterocycles. The van der Waals surface area contributed by atoms with E-state index in [1.165, 1.54) is 24.9 Å². The first-order valence-corrected chi connectivity index (χ1v) is 26.3. The van der Waals surface area contributed by atoms with Crippen molar-refractivity contribution in [1.82, 2.24) is 0 Å². The quantitative estimate of drug-likeness (QED) is 0.309. The van der Waals surface area contributed by atoms with Gasteiger partial charge in [-0.2, -0.15) is 0 Å². The summed E-state index contributed by atoms with van der Waals surface area (Å²) in [4.78, 5) is 0. The summed E-state index contributed by atoms with van der Waals surface area (Å²) in [5, 5.41) is 0. The van der Waals surface area contributed by atoms with Crippen LogP contribution in [0, 0.1) is 0 Å². The fraction of sp³-hybridized carbons (Fsp3) is 0.467. The van der Waals surface area contributed by atoms with Crippen molar-refractivity contribution in [2.24, 2.45) is 0 Å². The molecule has 4 rings (SSSR count). The maximum Gasteiger partial charge on any atom is -0.0590 e. The van der Waals surface area contributed by atoms with Gasteiger partial charge in [-0.3, -0.25) is 0 Å². The first-order valence-electron chi connectivity index (χ1n) is 12.7. The predicted octanol–water partition coefficient (Wildman–Crippen LogP) is 9.29. The topological polar surface area (TPSA) is 0 Å². The summed E-state index contributed by atoms with van der Waals surface area (Å²) in [6.45, 7) is 18.4. The summed E-state index contributed by atoms with van der Waals surface area (Å²) in [5.74, 6) is 1.18. The molecule has 2 aromatic carbocycles. The van der Waals surface area contributed by atoms with Gasteiger partial charge in [-0.05, 0) is 0 Å². The fourth-order valence-electron chi connectivity index (χ4n) is 6.30. The molecule has 34 heavy (non-hydrogen) atoms. The fourth-order valence-corrected chi connectivity index (χ4v) is 27.5. The number of hydrogen-bond acceptors (Lipinski definition) is 0. The first kappa shape index (κ1) is 31.6. The molecule has 0 radical (unpaired) electrons. The van der Waals surface area contributed by atoms with Crippen LogP contribution >= 0.6 is 24.8 Å². The smallest absolute Gasteiger partial charge is 0.0590 e. The van der Waals surface area contributed by atoms with Gasteiger partial charge < -0.3 is 0 Å². The third kappa shape index (κ3) is 5.77. The Labute approximate surface area is 228 Å². The summed E-state index contributed by atoms with van der Waals surface area (Å²) < 4.78 is 4.22. The van der Waals surface area contributed by atoms with Crippen molar-refractivity contribution in [2.45, 2.75) is 85.5 Å². The van der Waals surface area contributed by atoms with Crippen LogP contribution in [-0.4, -0.2) is 7.37 Å². The Hall–Kier alpha value is -0.400. The normalized spacial score (nSPS) is 19.7. The number of allylic oxidation sites excluding steroid dienone is 2. The molecule has 4 heteroatoms. The van der Waals surface area contributed by atoms with Crippen LogP contribution in [0.3, 0.4) is 0 Å². The summed E-state index contributed by atoms with van der Waals surface area (Å²) in [5.41, 5.74) is 12.8. The second-order valence-electron chi connectivity index (χ2n) is 11.2. The minimum absolute atomic E-state index is 0. The van der Waals surface area contributed by atoms with Crippen LogP contribution in [0.1, 0.15) is 114 Å². The van der Waals surface area contributed by atoms with Gasteiger partial charge in [0.05, 0.1) is 0 Å². The summed E-state index contributed by atoms with van der Waals surface area (Å²) >= 11 is -2.52. The zero-order valence-corrected chi connectivity index (χ0v) is 29.0. The van der Waals surface area contributed by atoms with Crippen LogP contribution in [0.5, 0.6) is 0 Å². The molecule has 2 atom stereocenters. The van der Waals surface area contributed by atoms with E-state index in [9.17, 15) is 0 Å². The Morgan fingerprint density at radius 2 is 1.06 bits per heavy atom. The Bertz CT molecular complexity index is 968. The molecule has 2 unspecified atom stereocenters.